The van der Waals surface area contributed by atoms with Gasteiger partial charge in [-0.3, -0.25) is 9.89 Å². The molecule has 100 valence electrons. The Morgan fingerprint density at radius 3 is 2.89 bits per heavy atom. The van der Waals surface area contributed by atoms with Gasteiger partial charge in [0, 0.05) is 19.0 Å². The first-order valence-electron chi connectivity index (χ1n) is 5.94. The van der Waals surface area contributed by atoms with Crippen molar-refractivity contribution in [3.05, 3.63) is 11.9 Å². The molecule has 1 aromatic rings. The summed E-state index contributed by atoms with van der Waals surface area (Å²) in [5.41, 5.74) is 0.531. The number of nitrogens with one attached hydrogen (secondary N) is 1. The Morgan fingerprint density at radius 2 is 2.33 bits per heavy atom. The van der Waals surface area contributed by atoms with Crippen LogP contribution < -0.4 is 0 Å². The van der Waals surface area contributed by atoms with Gasteiger partial charge < -0.3 is 0 Å². The molecular weight excluding hydrogens is 254 g/mol. The molecule has 0 amide bonds. The number of carbonyl (C=O) groups excluding carboxylic acids is 1. The highest BCUT2D eigenvalue weighted by molar-refractivity contribution is 7.89. The average Bonchev–Trinajstić information content (AvgIpc) is 2.86. The summed E-state index contributed by atoms with van der Waals surface area (Å²) < 4.78 is 26.4. The van der Waals surface area contributed by atoms with Crippen LogP contribution in [0, 0.1) is 6.92 Å². The largest absolute Gasteiger partial charge is 0.300 e. The van der Waals surface area contributed by atoms with Crippen LogP contribution in [-0.4, -0.2) is 41.3 Å². The van der Waals surface area contributed by atoms with E-state index in [1.165, 1.54) is 17.4 Å². The number of rotatable bonds is 4. The van der Waals surface area contributed by atoms with Crippen molar-refractivity contribution < 1.29 is 13.2 Å². The van der Waals surface area contributed by atoms with E-state index in [0.29, 0.717) is 12.2 Å². The maximum Gasteiger partial charge on any atom is 0.246 e. The molecule has 1 N–H and O–H groups in total. The van der Waals surface area contributed by atoms with Crippen LogP contribution in [0.15, 0.2) is 11.1 Å². The second-order valence-corrected chi connectivity index (χ2v) is 6.54. The van der Waals surface area contributed by atoms with Crippen LogP contribution in [0.1, 0.15) is 31.9 Å². The van der Waals surface area contributed by atoms with Gasteiger partial charge >= 0.3 is 0 Å². The summed E-state index contributed by atoms with van der Waals surface area (Å²) in [6.45, 7) is 3.65. The Bertz CT molecular complexity index is 550. The molecule has 1 aliphatic rings. The van der Waals surface area contributed by atoms with Gasteiger partial charge in [-0.15, -0.1) is 0 Å². The molecule has 1 aromatic heterocycles. The van der Waals surface area contributed by atoms with Gasteiger partial charge in [0.25, 0.3) is 0 Å². The minimum absolute atomic E-state index is 0.0195. The maximum atomic E-state index is 12.5. The van der Waals surface area contributed by atoms with Crippen molar-refractivity contribution in [1.82, 2.24) is 14.5 Å². The first-order valence-corrected chi connectivity index (χ1v) is 7.38. The van der Waals surface area contributed by atoms with Gasteiger partial charge in [-0.1, -0.05) is 0 Å². The summed E-state index contributed by atoms with van der Waals surface area (Å²) in [6, 6.07) is -0.207. The quantitative estimate of drug-likeness (QED) is 0.880. The number of aromatic nitrogens is 2. The van der Waals surface area contributed by atoms with Crippen LogP contribution >= 0.6 is 0 Å². The highest BCUT2D eigenvalue weighted by Gasteiger charge is 2.36. The Kier molecular flexibility index (Phi) is 3.54. The molecule has 6 nitrogen and oxygen atoms in total. The summed E-state index contributed by atoms with van der Waals surface area (Å²) in [6.07, 6.45) is 3.16. The zero-order valence-corrected chi connectivity index (χ0v) is 11.3. The Morgan fingerprint density at radius 1 is 1.61 bits per heavy atom. The molecular formula is C11H17N3O3S. The van der Waals surface area contributed by atoms with E-state index >= 15 is 0 Å². The summed E-state index contributed by atoms with van der Waals surface area (Å²) in [5, 5.41) is 6.38. The predicted octanol–water partition coefficient (Wildman–Crippen LogP) is 0.850. The van der Waals surface area contributed by atoms with E-state index in [-0.39, 0.29) is 23.1 Å². The summed E-state index contributed by atoms with van der Waals surface area (Å²) in [7, 11) is -3.53. The fourth-order valence-corrected chi connectivity index (χ4v) is 4.20. The molecule has 0 spiro atoms. The van der Waals surface area contributed by atoms with Crippen LogP contribution in [0.2, 0.25) is 0 Å². The number of aromatic amines is 1. The lowest BCUT2D eigenvalue weighted by atomic mass is 10.1. The first kappa shape index (κ1) is 13.2. The van der Waals surface area contributed by atoms with Gasteiger partial charge in [-0.05, 0) is 26.7 Å². The lowest BCUT2D eigenvalue weighted by Gasteiger charge is -2.22. The molecule has 1 saturated heterocycles. The molecule has 0 aromatic carbocycles. The molecule has 0 radical (unpaired) electrons. The molecule has 1 aliphatic heterocycles. The number of hydrogen-bond acceptors (Lipinski definition) is 4. The number of aryl methyl sites for hydroxylation is 1. The molecule has 2 rings (SSSR count). The van der Waals surface area contributed by atoms with Crippen LogP contribution in [0.3, 0.4) is 0 Å². The highest BCUT2D eigenvalue weighted by atomic mass is 32.2. The van der Waals surface area contributed by atoms with Crippen molar-refractivity contribution in [2.45, 2.75) is 44.0 Å². The van der Waals surface area contributed by atoms with Crippen molar-refractivity contribution in [2.75, 3.05) is 6.54 Å². The lowest BCUT2D eigenvalue weighted by Crippen LogP contribution is -2.36. The van der Waals surface area contributed by atoms with Crippen LogP contribution in [0.5, 0.6) is 0 Å². The zero-order chi connectivity index (χ0) is 13.3. The third-order valence-electron chi connectivity index (χ3n) is 3.22. The van der Waals surface area contributed by atoms with Crippen molar-refractivity contribution in [1.29, 1.82) is 0 Å². The minimum atomic E-state index is -3.53. The molecule has 1 fully saturated rings. The smallest absolute Gasteiger partial charge is 0.246 e. The molecule has 1 atom stereocenters. The monoisotopic (exact) mass is 271 g/mol. The fraction of sp³-hybridized carbons (Fsp3) is 0.636. The van der Waals surface area contributed by atoms with Gasteiger partial charge in [0.1, 0.15) is 10.7 Å². The Hall–Kier alpha value is -1.21. The average molecular weight is 271 g/mol. The molecule has 2 heterocycles. The van der Waals surface area contributed by atoms with Crippen LogP contribution in [-0.2, 0) is 14.8 Å². The van der Waals surface area contributed by atoms with Crippen LogP contribution in [0.4, 0.5) is 0 Å². The SMILES string of the molecule is CC(=O)CC1CCCN1S(=O)(=O)c1cn[nH]c1C. The van der Waals surface area contributed by atoms with E-state index in [1.807, 2.05) is 0 Å². The number of sulfonamides is 1. The van der Waals surface area contributed by atoms with Crippen molar-refractivity contribution in [3.8, 4) is 0 Å². The second kappa shape index (κ2) is 4.81. The van der Waals surface area contributed by atoms with Gasteiger partial charge in [0.2, 0.25) is 10.0 Å². The maximum absolute atomic E-state index is 12.5. The van der Waals surface area contributed by atoms with Crippen molar-refractivity contribution in [3.63, 3.8) is 0 Å². The van der Waals surface area contributed by atoms with E-state index in [1.54, 1.807) is 6.92 Å². The number of nitrogens with zero attached hydrogens (tertiary/aromatic N) is 2. The van der Waals surface area contributed by atoms with Crippen molar-refractivity contribution >= 4 is 15.8 Å². The third-order valence-corrected chi connectivity index (χ3v) is 5.28. The summed E-state index contributed by atoms with van der Waals surface area (Å²) in [5.74, 6) is 0.0195. The number of H-pyrrole nitrogens is 1. The lowest BCUT2D eigenvalue weighted by molar-refractivity contribution is -0.117. The minimum Gasteiger partial charge on any atom is -0.300 e. The number of ketones is 1. The zero-order valence-electron chi connectivity index (χ0n) is 10.5. The third kappa shape index (κ3) is 2.32. The van der Waals surface area contributed by atoms with E-state index in [0.717, 1.165) is 12.8 Å². The number of Topliss-reactive ketones (excluding diaryl/α,β-unsaturated/α-hetero) is 1. The second-order valence-electron chi connectivity index (χ2n) is 4.68. The van der Waals surface area contributed by atoms with Gasteiger partial charge in [0.15, 0.2) is 0 Å². The molecule has 0 bridgehead atoms. The molecule has 0 saturated carbocycles. The summed E-state index contributed by atoms with van der Waals surface area (Å²) >= 11 is 0. The summed E-state index contributed by atoms with van der Waals surface area (Å²) in [4.78, 5) is 11.4. The van der Waals surface area contributed by atoms with Gasteiger partial charge in [0.05, 0.1) is 11.9 Å². The van der Waals surface area contributed by atoms with Crippen molar-refractivity contribution in [2.24, 2.45) is 0 Å². The van der Waals surface area contributed by atoms with E-state index < -0.39 is 10.0 Å². The van der Waals surface area contributed by atoms with Crippen LogP contribution in [0.25, 0.3) is 0 Å². The number of carbonyl (C=O) groups is 1. The van der Waals surface area contributed by atoms with Gasteiger partial charge in [-0.25, -0.2) is 8.42 Å². The number of hydrogen-bond donors (Lipinski definition) is 1. The van der Waals surface area contributed by atoms with E-state index in [2.05, 4.69) is 10.2 Å². The van der Waals surface area contributed by atoms with E-state index in [4.69, 9.17) is 0 Å². The van der Waals surface area contributed by atoms with Gasteiger partial charge in [-0.2, -0.15) is 9.40 Å². The normalized spacial score (nSPS) is 21.3. The first-order chi connectivity index (χ1) is 8.43. The standard InChI is InChI=1S/C11H17N3O3S/c1-8(15)6-10-4-3-5-14(10)18(16,17)11-7-12-13-9(11)2/h7,10H,3-6H2,1-2H3,(H,12,13). The fourth-order valence-electron chi connectivity index (χ4n) is 2.39. The topological polar surface area (TPSA) is 83.1 Å². The molecule has 18 heavy (non-hydrogen) atoms. The molecule has 1 unspecified atom stereocenters. The highest BCUT2D eigenvalue weighted by Crippen LogP contribution is 2.28. The Balaban J connectivity index is 2.30. The predicted molar refractivity (Wildman–Crippen MR) is 65.5 cm³/mol. The Labute approximate surface area is 106 Å². The molecule has 0 aliphatic carbocycles. The molecule has 7 heteroatoms. The van der Waals surface area contributed by atoms with E-state index in [9.17, 15) is 13.2 Å².